The van der Waals surface area contributed by atoms with Crippen molar-refractivity contribution >= 4 is 0 Å². The molecule has 118 valence electrons. The van der Waals surface area contributed by atoms with Crippen molar-refractivity contribution in [3.63, 3.8) is 0 Å². The summed E-state index contributed by atoms with van der Waals surface area (Å²) >= 11 is 0. The maximum atomic E-state index is 13.3. The quantitative estimate of drug-likeness (QED) is 0.805. The summed E-state index contributed by atoms with van der Waals surface area (Å²) in [4.78, 5) is 0. The van der Waals surface area contributed by atoms with Crippen molar-refractivity contribution in [3.8, 4) is 0 Å². The smallest absolute Gasteiger partial charge is 0.313 e. The van der Waals surface area contributed by atoms with Crippen molar-refractivity contribution in [3.05, 3.63) is 35.4 Å². The van der Waals surface area contributed by atoms with E-state index in [4.69, 9.17) is 0 Å². The van der Waals surface area contributed by atoms with Gasteiger partial charge in [0.05, 0.1) is 5.92 Å². The molecule has 1 N–H and O–H groups in total. The molecule has 6 heteroatoms. The summed E-state index contributed by atoms with van der Waals surface area (Å²) in [5, 5.41) is 2.98. The van der Waals surface area contributed by atoms with Crippen LogP contribution in [0.3, 0.4) is 0 Å². The summed E-state index contributed by atoms with van der Waals surface area (Å²) in [5.74, 6) is -2.64. The van der Waals surface area contributed by atoms with Crippen LogP contribution in [0.5, 0.6) is 0 Å². The molecule has 0 heterocycles. The summed E-state index contributed by atoms with van der Waals surface area (Å²) in [6, 6.07) is 2.93. The molecule has 0 bridgehead atoms. The monoisotopic (exact) mass is 307 g/mol. The molecule has 0 amide bonds. The van der Waals surface area contributed by atoms with E-state index < -0.39 is 23.7 Å². The Morgan fingerprint density at radius 1 is 1.00 bits per heavy atom. The third kappa shape index (κ3) is 3.93. The zero-order valence-corrected chi connectivity index (χ0v) is 11.7. The van der Waals surface area contributed by atoms with Gasteiger partial charge in [-0.2, -0.15) is 13.2 Å². The van der Waals surface area contributed by atoms with Gasteiger partial charge in [-0.1, -0.05) is 0 Å². The minimum atomic E-state index is -4.15. The molecule has 0 spiro atoms. The molecule has 1 saturated carbocycles. The average Bonchev–Trinajstić information content (AvgIpc) is 2.38. The zero-order valence-electron chi connectivity index (χ0n) is 11.7. The van der Waals surface area contributed by atoms with Crippen LogP contribution in [0.2, 0.25) is 0 Å². The van der Waals surface area contributed by atoms with Crippen LogP contribution in [0, 0.1) is 23.5 Å². The van der Waals surface area contributed by atoms with E-state index in [1.54, 1.807) is 7.05 Å². The summed E-state index contributed by atoms with van der Waals surface area (Å²) in [6.45, 7) is 0. The molecule has 1 atom stereocenters. The lowest BCUT2D eigenvalue weighted by molar-refractivity contribution is -0.184. The van der Waals surface area contributed by atoms with Gasteiger partial charge in [-0.3, -0.25) is 0 Å². The van der Waals surface area contributed by atoms with E-state index >= 15 is 0 Å². The van der Waals surface area contributed by atoms with Crippen molar-refractivity contribution in [2.75, 3.05) is 7.05 Å². The first-order valence-electron chi connectivity index (χ1n) is 7.01. The van der Waals surface area contributed by atoms with Crippen molar-refractivity contribution in [1.29, 1.82) is 0 Å². The van der Waals surface area contributed by atoms with Gasteiger partial charge in [0.15, 0.2) is 0 Å². The lowest BCUT2D eigenvalue weighted by Gasteiger charge is -2.34. The topological polar surface area (TPSA) is 12.0 Å². The van der Waals surface area contributed by atoms with Gasteiger partial charge in [0, 0.05) is 12.1 Å². The van der Waals surface area contributed by atoms with E-state index in [0.29, 0.717) is 18.4 Å². The van der Waals surface area contributed by atoms with Crippen molar-refractivity contribution in [1.82, 2.24) is 5.32 Å². The first kappa shape index (κ1) is 16.2. The van der Waals surface area contributed by atoms with Crippen molar-refractivity contribution < 1.29 is 22.0 Å². The van der Waals surface area contributed by atoms with Crippen LogP contribution in [-0.2, 0) is 0 Å². The maximum absolute atomic E-state index is 13.3. The van der Waals surface area contributed by atoms with Crippen LogP contribution < -0.4 is 5.32 Å². The number of benzene rings is 1. The third-order valence-electron chi connectivity index (χ3n) is 4.26. The molecule has 0 aromatic heterocycles. The van der Waals surface area contributed by atoms with E-state index in [2.05, 4.69) is 5.32 Å². The maximum Gasteiger partial charge on any atom is 0.391 e. The van der Waals surface area contributed by atoms with Crippen molar-refractivity contribution in [2.45, 2.75) is 37.9 Å². The summed E-state index contributed by atoms with van der Waals surface area (Å²) in [5.41, 5.74) is 0.449. The van der Waals surface area contributed by atoms with E-state index in [0.717, 1.165) is 6.07 Å². The Morgan fingerprint density at radius 2 is 1.52 bits per heavy atom. The second-order valence-electron chi connectivity index (χ2n) is 5.62. The van der Waals surface area contributed by atoms with Gasteiger partial charge >= 0.3 is 6.18 Å². The second kappa shape index (κ2) is 6.30. The van der Waals surface area contributed by atoms with Gasteiger partial charge < -0.3 is 5.32 Å². The lowest BCUT2D eigenvalue weighted by atomic mass is 9.76. The van der Waals surface area contributed by atoms with Crippen LogP contribution in [0.15, 0.2) is 18.2 Å². The highest BCUT2D eigenvalue weighted by Gasteiger charge is 2.42. The summed E-state index contributed by atoms with van der Waals surface area (Å²) in [6.07, 6.45) is -3.21. The number of rotatable bonds is 3. The minimum absolute atomic E-state index is 0.0465. The Kier molecular flexibility index (Phi) is 4.86. The molecule has 21 heavy (non-hydrogen) atoms. The van der Waals surface area contributed by atoms with Crippen LogP contribution in [-0.4, -0.2) is 13.2 Å². The van der Waals surface area contributed by atoms with Gasteiger partial charge in [-0.25, -0.2) is 8.78 Å². The fraction of sp³-hybridized carbons (Fsp3) is 0.600. The summed E-state index contributed by atoms with van der Waals surface area (Å²) < 4.78 is 64.6. The highest BCUT2D eigenvalue weighted by Crippen LogP contribution is 2.43. The molecular weight excluding hydrogens is 289 g/mol. The number of halogens is 5. The largest absolute Gasteiger partial charge is 0.391 e. The van der Waals surface area contributed by atoms with Gasteiger partial charge in [0.1, 0.15) is 11.6 Å². The Labute approximate surface area is 120 Å². The molecule has 1 nitrogen and oxygen atoms in total. The zero-order chi connectivity index (χ0) is 15.6. The molecule has 1 aromatic carbocycles. The van der Waals surface area contributed by atoms with Crippen LogP contribution in [0.1, 0.15) is 37.3 Å². The molecule has 0 aliphatic heterocycles. The SMILES string of the molecule is CNC(c1cc(F)cc(F)c1)C1CCC(C(F)(F)F)CC1. The first-order chi connectivity index (χ1) is 9.81. The molecule has 1 aliphatic rings. The lowest BCUT2D eigenvalue weighted by Crippen LogP contribution is -2.33. The third-order valence-corrected chi connectivity index (χ3v) is 4.26. The normalized spacial score (nSPS) is 24.9. The average molecular weight is 307 g/mol. The van der Waals surface area contributed by atoms with E-state index in [1.165, 1.54) is 12.1 Å². The number of hydrogen-bond donors (Lipinski definition) is 1. The molecule has 1 aromatic rings. The number of hydrogen-bond acceptors (Lipinski definition) is 1. The molecule has 0 radical (unpaired) electrons. The minimum Gasteiger partial charge on any atom is -0.313 e. The molecular formula is C15H18F5N. The van der Waals surface area contributed by atoms with Gasteiger partial charge in [0.25, 0.3) is 0 Å². The molecule has 1 unspecified atom stereocenters. The number of nitrogens with one attached hydrogen (secondary N) is 1. The van der Waals surface area contributed by atoms with E-state index in [9.17, 15) is 22.0 Å². The summed E-state index contributed by atoms with van der Waals surface area (Å²) in [7, 11) is 1.66. The van der Waals surface area contributed by atoms with Crippen molar-refractivity contribution in [2.24, 2.45) is 11.8 Å². The second-order valence-corrected chi connectivity index (χ2v) is 5.62. The predicted molar refractivity (Wildman–Crippen MR) is 69.7 cm³/mol. The van der Waals surface area contributed by atoms with Crippen LogP contribution in [0.4, 0.5) is 22.0 Å². The molecule has 0 saturated heterocycles. The van der Waals surface area contributed by atoms with E-state index in [-0.39, 0.29) is 24.8 Å². The first-order valence-corrected chi connectivity index (χ1v) is 7.01. The predicted octanol–water partition coefficient (Wildman–Crippen LogP) is 4.59. The standard InChI is InChI=1S/C15H18F5N/c1-21-14(10-6-12(16)8-13(17)7-10)9-2-4-11(5-3-9)15(18,19)20/h6-9,11,14,21H,2-5H2,1H3. The highest BCUT2D eigenvalue weighted by atomic mass is 19.4. The van der Waals surface area contributed by atoms with E-state index in [1.807, 2.05) is 0 Å². The van der Waals surface area contributed by atoms with Crippen LogP contribution >= 0.6 is 0 Å². The fourth-order valence-corrected chi connectivity index (χ4v) is 3.21. The molecule has 1 aliphatic carbocycles. The van der Waals surface area contributed by atoms with Gasteiger partial charge in [0.2, 0.25) is 0 Å². The van der Waals surface area contributed by atoms with Crippen LogP contribution in [0.25, 0.3) is 0 Å². The highest BCUT2D eigenvalue weighted by molar-refractivity contribution is 5.22. The molecule has 1 fully saturated rings. The Bertz CT molecular complexity index is 457. The Morgan fingerprint density at radius 3 is 1.95 bits per heavy atom. The Hall–Kier alpha value is -1.17. The Balaban J connectivity index is 2.09. The molecule has 2 rings (SSSR count). The number of alkyl halides is 3. The fourth-order valence-electron chi connectivity index (χ4n) is 3.21. The van der Waals surface area contributed by atoms with Gasteiger partial charge in [-0.05, 0) is 56.3 Å². The van der Waals surface area contributed by atoms with Gasteiger partial charge in [-0.15, -0.1) is 0 Å².